The van der Waals surface area contributed by atoms with Crippen LogP contribution in [0.3, 0.4) is 0 Å². The summed E-state index contributed by atoms with van der Waals surface area (Å²) in [6.45, 7) is 8.63. The molecule has 1 aliphatic rings. The fraction of sp³-hybridized carbons (Fsp3) is 0.545. The quantitative estimate of drug-likeness (QED) is 0.453. The van der Waals surface area contributed by atoms with Crippen LogP contribution in [0, 0.1) is 0 Å². The minimum absolute atomic E-state index is 0.107. The molecular formula is C22H32N2O4. The van der Waals surface area contributed by atoms with E-state index in [1.165, 1.54) is 0 Å². The van der Waals surface area contributed by atoms with Gasteiger partial charge in [0, 0.05) is 39.1 Å². The number of amides is 1. The van der Waals surface area contributed by atoms with E-state index in [9.17, 15) is 9.59 Å². The Kier molecular flexibility index (Phi) is 9.55. The predicted octanol–water partition coefficient (Wildman–Crippen LogP) is 3.61. The third-order valence-corrected chi connectivity index (χ3v) is 4.68. The van der Waals surface area contributed by atoms with E-state index in [1.807, 2.05) is 37.3 Å². The summed E-state index contributed by atoms with van der Waals surface area (Å²) in [6, 6.07) is 7.78. The van der Waals surface area contributed by atoms with Gasteiger partial charge in [0.2, 0.25) is 0 Å². The van der Waals surface area contributed by atoms with Gasteiger partial charge in [0.25, 0.3) is 0 Å². The highest BCUT2D eigenvalue weighted by Crippen LogP contribution is 2.14. The van der Waals surface area contributed by atoms with Gasteiger partial charge in [-0.25, -0.2) is 4.79 Å². The van der Waals surface area contributed by atoms with Crippen LogP contribution in [0.15, 0.2) is 30.3 Å². The molecular weight excluding hydrogens is 356 g/mol. The minimum Gasteiger partial charge on any atom is -0.494 e. The second-order valence-corrected chi connectivity index (χ2v) is 6.85. The van der Waals surface area contributed by atoms with Crippen LogP contribution in [0.1, 0.15) is 38.7 Å². The highest BCUT2D eigenvalue weighted by molar-refractivity contribution is 5.93. The van der Waals surface area contributed by atoms with Crippen LogP contribution in [-0.4, -0.2) is 67.6 Å². The highest BCUT2D eigenvalue weighted by Gasteiger charge is 2.21. The van der Waals surface area contributed by atoms with Gasteiger partial charge < -0.3 is 14.4 Å². The molecule has 2 rings (SSSR count). The fourth-order valence-corrected chi connectivity index (χ4v) is 2.92. The van der Waals surface area contributed by atoms with Gasteiger partial charge in [-0.15, -0.1) is 0 Å². The molecule has 28 heavy (non-hydrogen) atoms. The molecule has 1 aromatic rings. The average molecular weight is 389 g/mol. The Bertz CT molecular complexity index is 634. The molecule has 1 amide bonds. The first kappa shape index (κ1) is 22.0. The molecule has 6 nitrogen and oxygen atoms in total. The number of allylic oxidation sites excluding steroid dienone is 1. The van der Waals surface area contributed by atoms with Crippen molar-refractivity contribution in [2.45, 2.75) is 33.1 Å². The summed E-state index contributed by atoms with van der Waals surface area (Å²) in [4.78, 5) is 27.8. The molecule has 1 heterocycles. The Morgan fingerprint density at radius 3 is 2.43 bits per heavy atom. The van der Waals surface area contributed by atoms with Gasteiger partial charge in [-0.2, -0.15) is 0 Å². The van der Waals surface area contributed by atoms with Crippen molar-refractivity contribution in [2.24, 2.45) is 0 Å². The number of rotatable bonds is 10. The van der Waals surface area contributed by atoms with Crippen molar-refractivity contribution < 1.29 is 19.1 Å². The molecule has 1 aromatic carbocycles. The Hall–Kier alpha value is -2.34. The first-order chi connectivity index (χ1) is 13.6. The number of unbranched alkanes of at least 4 members (excludes halogenated alkanes) is 1. The van der Waals surface area contributed by atoms with E-state index >= 15 is 0 Å². The highest BCUT2D eigenvalue weighted by atomic mass is 16.6. The summed E-state index contributed by atoms with van der Waals surface area (Å²) in [5, 5.41) is 0. The number of ketones is 1. The minimum atomic E-state index is -0.247. The smallest absolute Gasteiger partial charge is 0.409 e. The molecule has 1 fully saturated rings. The van der Waals surface area contributed by atoms with E-state index in [4.69, 9.17) is 9.47 Å². The summed E-state index contributed by atoms with van der Waals surface area (Å²) in [5.74, 6) is 0.968. The van der Waals surface area contributed by atoms with Crippen LogP contribution >= 0.6 is 0 Å². The largest absolute Gasteiger partial charge is 0.494 e. The maximum absolute atomic E-state index is 12.1. The second-order valence-electron chi connectivity index (χ2n) is 6.85. The molecule has 0 N–H and O–H groups in total. The molecule has 0 unspecified atom stereocenters. The van der Waals surface area contributed by atoms with Crippen LogP contribution in [-0.2, 0) is 9.53 Å². The molecule has 0 radical (unpaired) electrons. The molecule has 0 aromatic heterocycles. The Morgan fingerprint density at radius 2 is 1.79 bits per heavy atom. The first-order valence-corrected chi connectivity index (χ1v) is 10.2. The van der Waals surface area contributed by atoms with Gasteiger partial charge in [-0.1, -0.05) is 31.6 Å². The fourth-order valence-electron chi connectivity index (χ4n) is 2.92. The molecule has 6 heteroatoms. The van der Waals surface area contributed by atoms with Crippen LogP contribution < -0.4 is 4.74 Å². The Balaban J connectivity index is 1.67. The summed E-state index contributed by atoms with van der Waals surface area (Å²) in [5.41, 5.74) is 0.985. The first-order valence-electron chi connectivity index (χ1n) is 10.2. The van der Waals surface area contributed by atoms with E-state index in [2.05, 4.69) is 11.8 Å². The van der Waals surface area contributed by atoms with Crippen LogP contribution in [0.25, 0.3) is 6.08 Å². The Morgan fingerprint density at radius 1 is 1.07 bits per heavy atom. The molecule has 1 saturated heterocycles. The van der Waals surface area contributed by atoms with E-state index in [1.54, 1.807) is 11.0 Å². The van der Waals surface area contributed by atoms with Gasteiger partial charge in [-0.3, -0.25) is 9.69 Å². The number of piperazine rings is 1. The van der Waals surface area contributed by atoms with Crippen LogP contribution in [0.2, 0.25) is 0 Å². The lowest BCUT2D eigenvalue weighted by Gasteiger charge is -2.33. The molecule has 0 saturated carbocycles. The van der Waals surface area contributed by atoms with Crippen molar-refractivity contribution in [3.8, 4) is 5.75 Å². The summed E-state index contributed by atoms with van der Waals surface area (Å²) >= 11 is 0. The number of benzene rings is 1. The zero-order valence-electron chi connectivity index (χ0n) is 17.1. The van der Waals surface area contributed by atoms with Crippen LogP contribution in [0.5, 0.6) is 5.75 Å². The second kappa shape index (κ2) is 12.2. The molecule has 0 atom stereocenters. The average Bonchev–Trinajstić information content (AvgIpc) is 2.72. The van der Waals surface area contributed by atoms with Crippen molar-refractivity contribution in [2.75, 3.05) is 45.9 Å². The summed E-state index contributed by atoms with van der Waals surface area (Å²) < 4.78 is 10.7. The lowest BCUT2D eigenvalue weighted by Crippen LogP contribution is -2.49. The maximum atomic E-state index is 12.1. The SMILES string of the molecule is CCCCOc1ccc(C=CC(=O)CCN2CCN(C(=O)OCC)CC2)cc1. The van der Waals surface area contributed by atoms with Gasteiger partial charge in [0.1, 0.15) is 5.75 Å². The third kappa shape index (κ3) is 7.72. The lowest BCUT2D eigenvalue weighted by molar-refractivity contribution is -0.115. The lowest BCUT2D eigenvalue weighted by atomic mass is 10.1. The topological polar surface area (TPSA) is 59.1 Å². The zero-order chi connectivity index (χ0) is 20.2. The van der Waals surface area contributed by atoms with E-state index in [-0.39, 0.29) is 11.9 Å². The normalized spacial score (nSPS) is 15.0. The Labute approximate surface area is 168 Å². The number of hydrogen-bond acceptors (Lipinski definition) is 5. The van der Waals surface area contributed by atoms with E-state index in [0.29, 0.717) is 32.7 Å². The van der Waals surface area contributed by atoms with Crippen molar-refractivity contribution in [3.63, 3.8) is 0 Å². The van der Waals surface area contributed by atoms with Gasteiger partial charge in [-0.05, 0) is 37.1 Å². The van der Waals surface area contributed by atoms with Crippen molar-refractivity contribution in [3.05, 3.63) is 35.9 Å². The van der Waals surface area contributed by atoms with Crippen molar-refractivity contribution in [1.82, 2.24) is 9.80 Å². The number of carbonyl (C=O) groups is 2. The third-order valence-electron chi connectivity index (χ3n) is 4.68. The number of nitrogens with zero attached hydrogens (tertiary/aromatic N) is 2. The molecule has 1 aliphatic heterocycles. The van der Waals surface area contributed by atoms with Crippen molar-refractivity contribution in [1.29, 1.82) is 0 Å². The predicted molar refractivity (Wildman–Crippen MR) is 111 cm³/mol. The van der Waals surface area contributed by atoms with Gasteiger partial charge >= 0.3 is 6.09 Å². The number of ether oxygens (including phenoxy) is 2. The van der Waals surface area contributed by atoms with Crippen LogP contribution in [0.4, 0.5) is 4.79 Å². The number of hydrogen-bond donors (Lipinski definition) is 0. The standard InChI is InChI=1S/C22H32N2O4/c1-3-5-18-28-21-10-7-19(8-11-21)6-9-20(25)12-13-23-14-16-24(17-15-23)22(26)27-4-2/h6-11H,3-5,12-18H2,1-2H3. The van der Waals surface area contributed by atoms with Gasteiger partial charge in [0.15, 0.2) is 5.78 Å². The molecule has 0 aliphatic carbocycles. The molecule has 154 valence electrons. The molecule has 0 spiro atoms. The van der Waals surface area contributed by atoms with Crippen molar-refractivity contribution >= 4 is 18.0 Å². The van der Waals surface area contributed by atoms with E-state index < -0.39 is 0 Å². The van der Waals surface area contributed by atoms with E-state index in [0.717, 1.165) is 43.9 Å². The summed E-state index contributed by atoms with van der Waals surface area (Å²) in [7, 11) is 0. The molecule has 0 bridgehead atoms. The maximum Gasteiger partial charge on any atom is 0.409 e. The number of carbonyl (C=O) groups excluding carboxylic acids is 2. The monoisotopic (exact) mass is 388 g/mol. The summed E-state index contributed by atoms with van der Waals surface area (Å²) in [6.07, 6.45) is 5.88. The zero-order valence-corrected chi connectivity index (χ0v) is 17.1. The van der Waals surface area contributed by atoms with Gasteiger partial charge in [0.05, 0.1) is 13.2 Å².